The van der Waals surface area contributed by atoms with Crippen LogP contribution in [0.3, 0.4) is 0 Å². The predicted octanol–water partition coefficient (Wildman–Crippen LogP) is 8.64. The minimum Gasteiger partial charge on any atom is -0.317 e. The lowest BCUT2D eigenvalue weighted by atomic mass is 10.1. The van der Waals surface area contributed by atoms with Gasteiger partial charge in [-0.05, 0) is 38.9 Å². The Morgan fingerprint density at radius 1 is 0.414 bits per heavy atom. The van der Waals surface area contributed by atoms with E-state index in [9.17, 15) is 0 Å². The first-order valence-corrected chi connectivity index (χ1v) is 13.6. The molecule has 0 fully saturated rings. The molecule has 0 saturated carbocycles. The smallest absolute Gasteiger partial charge is 0.00103 e. The van der Waals surface area contributed by atoms with Gasteiger partial charge in [-0.25, -0.2) is 0 Å². The van der Waals surface area contributed by atoms with Crippen LogP contribution in [-0.4, -0.2) is 25.7 Å². The summed E-state index contributed by atoms with van der Waals surface area (Å²) in [4.78, 5) is 0. The van der Waals surface area contributed by atoms with Crippen LogP contribution in [0, 0.1) is 0 Å². The molecular formula is C27H60N2. The van der Waals surface area contributed by atoms with Crippen molar-refractivity contribution in [1.29, 1.82) is 0 Å². The van der Waals surface area contributed by atoms with E-state index in [4.69, 9.17) is 0 Å². The number of hydrogen-bond acceptors (Lipinski definition) is 2. The molecule has 0 rings (SSSR count). The fourth-order valence-corrected chi connectivity index (χ4v) is 3.46. The van der Waals surface area contributed by atoms with Crippen molar-refractivity contribution in [2.24, 2.45) is 0 Å². The van der Waals surface area contributed by atoms with Crippen LogP contribution < -0.4 is 10.6 Å². The van der Waals surface area contributed by atoms with Gasteiger partial charge in [-0.3, -0.25) is 0 Å². The molecule has 178 valence electrons. The molecule has 0 amide bonds. The first-order chi connectivity index (χ1) is 14.2. The van der Waals surface area contributed by atoms with Crippen LogP contribution in [0.15, 0.2) is 0 Å². The van der Waals surface area contributed by atoms with Crippen LogP contribution in [-0.2, 0) is 0 Å². The van der Waals surface area contributed by atoms with Crippen molar-refractivity contribution in [2.45, 2.75) is 156 Å². The lowest BCUT2D eigenvalue weighted by molar-refractivity contribution is 0.528. The first-order valence-electron chi connectivity index (χ1n) is 13.6. The molecule has 0 saturated heterocycles. The van der Waals surface area contributed by atoms with E-state index in [0.29, 0.717) is 6.04 Å². The summed E-state index contributed by atoms with van der Waals surface area (Å²) < 4.78 is 0. The molecule has 0 atom stereocenters. The highest BCUT2D eigenvalue weighted by Gasteiger charge is 1.93. The van der Waals surface area contributed by atoms with Gasteiger partial charge in [0.2, 0.25) is 0 Å². The first kappa shape index (κ1) is 31.1. The zero-order chi connectivity index (χ0) is 21.8. The maximum atomic E-state index is 3.50. The van der Waals surface area contributed by atoms with Crippen LogP contribution in [0.25, 0.3) is 0 Å². The largest absolute Gasteiger partial charge is 0.317 e. The van der Waals surface area contributed by atoms with Gasteiger partial charge in [0.1, 0.15) is 0 Å². The van der Waals surface area contributed by atoms with E-state index in [2.05, 4.69) is 45.3 Å². The van der Waals surface area contributed by atoms with Gasteiger partial charge in [0, 0.05) is 6.04 Å². The summed E-state index contributed by atoms with van der Waals surface area (Å²) in [6.07, 6.45) is 25.4. The van der Waals surface area contributed by atoms with Gasteiger partial charge in [0.05, 0.1) is 0 Å². The minimum atomic E-state index is 0.652. The van der Waals surface area contributed by atoms with Crippen LogP contribution in [0.1, 0.15) is 150 Å². The van der Waals surface area contributed by atoms with E-state index in [1.54, 1.807) is 0 Å². The van der Waals surface area contributed by atoms with Gasteiger partial charge in [0.25, 0.3) is 0 Å². The van der Waals surface area contributed by atoms with E-state index >= 15 is 0 Å². The van der Waals surface area contributed by atoms with Crippen molar-refractivity contribution in [2.75, 3.05) is 19.6 Å². The van der Waals surface area contributed by atoms with Gasteiger partial charge >= 0.3 is 0 Å². The maximum Gasteiger partial charge on any atom is 0.00103 e. The Bertz CT molecular complexity index is 241. The maximum absolute atomic E-state index is 3.50. The Kier molecular flexibility index (Phi) is 32.3. The summed E-state index contributed by atoms with van der Waals surface area (Å²) in [5.41, 5.74) is 0. The lowest BCUT2D eigenvalue weighted by Crippen LogP contribution is -2.23. The van der Waals surface area contributed by atoms with E-state index in [-0.39, 0.29) is 0 Å². The lowest BCUT2D eigenvalue weighted by Gasteiger charge is -2.07. The van der Waals surface area contributed by atoms with Gasteiger partial charge in [-0.1, -0.05) is 131 Å². The molecule has 2 heteroatoms. The van der Waals surface area contributed by atoms with Crippen molar-refractivity contribution in [3.8, 4) is 0 Å². The minimum absolute atomic E-state index is 0.652. The van der Waals surface area contributed by atoms with Crippen molar-refractivity contribution in [3.05, 3.63) is 0 Å². The number of rotatable bonds is 22. The summed E-state index contributed by atoms with van der Waals surface area (Å²) in [6.45, 7) is 14.9. The highest BCUT2D eigenvalue weighted by molar-refractivity contribution is 4.53. The third-order valence-corrected chi connectivity index (χ3v) is 5.50. The molecule has 2 N–H and O–H groups in total. The summed E-state index contributed by atoms with van der Waals surface area (Å²) in [6, 6.07) is 0.652. The van der Waals surface area contributed by atoms with Crippen molar-refractivity contribution < 1.29 is 0 Å². The second-order valence-corrected chi connectivity index (χ2v) is 9.16. The topological polar surface area (TPSA) is 24.1 Å². The van der Waals surface area contributed by atoms with Crippen LogP contribution in [0.4, 0.5) is 0 Å². The fraction of sp³-hybridized carbons (Fsp3) is 1.00. The van der Waals surface area contributed by atoms with E-state index in [1.165, 1.54) is 135 Å². The van der Waals surface area contributed by atoms with Crippen molar-refractivity contribution >= 4 is 0 Å². The predicted molar refractivity (Wildman–Crippen MR) is 136 cm³/mol. The summed E-state index contributed by atoms with van der Waals surface area (Å²) in [5, 5.41) is 6.95. The standard InChI is InChI=1S/C14H31N.C13H29N/c1-3-5-7-8-9-10-11-12-14-15-13-6-4-2;1-4-5-6-7-8-9-10-11-12-14-13(2)3/h15H,3-14H2,1-2H3;13-14H,4-12H2,1-3H3. The summed E-state index contributed by atoms with van der Waals surface area (Å²) >= 11 is 0. The molecule has 0 aromatic heterocycles. The molecule has 0 aliphatic carbocycles. The highest BCUT2D eigenvalue weighted by atomic mass is 14.9. The Labute approximate surface area is 186 Å². The average molecular weight is 413 g/mol. The van der Waals surface area contributed by atoms with Crippen molar-refractivity contribution in [1.82, 2.24) is 10.6 Å². The third kappa shape index (κ3) is 35.7. The molecule has 2 nitrogen and oxygen atoms in total. The summed E-state index contributed by atoms with van der Waals surface area (Å²) in [5.74, 6) is 0. The molecule has 0 bridgehead atoms. The quantitative estimate of drug-likeness (QED) is 0.174. The highest BCUT2D eigenvalue weighted by Crippen LogP contribution is 2.08. The molecule has 0 aromatic carbocycles. The zero-order valence-electron chi connectivity index (χ0n) is 21.4. The average Bonchev–Trinajstić information content (AvgIpc) is 2.71. The van der Waals surface area contributed by atoms with Gasteiger partial charge in [-0.2, -0.15) is 0 Å². The third-order valence-electron chi connectivity index (χ3n) is 5.50. The Morgan fingerprint density at radius 2 is 0.759 bits per heavy atom. The normalized spacial score (nSPS) is 11.0. The van der Waals surface area contributed by atoms with E-state index in [0.717, 1.165) is 0 Å². The van der Waals surface area contributed by atoms with Gasteiger partial charge < -0.3 is 10.6 Å². The Hall–Kier alpha value is -0.0800. The molecule has 0 radical (unpaired) electrons. The van der Waals surface area contributed by atoms with Crippen molar-refractivity contribution in [3.63, 3.8) is 0 Å². The number of unbranched alkanes of at least 4 members (excludes halogenated alkanes) is 15. The Morgan fingerprint density at radius 3 is 1.17 bits per heavy atom. The molecule has 0 aromatic rings. The second-order valence-electron chi connectivity index (χ2n) is 9.16. The van der Waals surface area contributed by atoms with Gasteiger partial charge in [0.15, 0.2) is 0 Å². The van der Waals surface area contributed by atoms with E-state index < -0.39 is 0 Å². The zero-order valence-corrected chi connectivity index (χ0v) is 21.4. The summed E-state index contributed by atoms with van der Waals surface area (Å²) in [7, 11) is 0. The van der Waals surface area contributed by atoms with Gasteiger partial charge in [-0.15, -0.1) is 0 Å². The molecule has 0 aliphatic heterocycles. The van der Waals surface area contributed by atoms with Crippen LogP contribution in [0.2, 0.25) is 0 Å². The monoisotopic (exact) mass is 412 g/mol. The van der Waals surface area contributed by atoms with E-state index in [1.807, 2.05) is 0 Å². The Balaban J connectivity index is 0. The van der Waals surface area contributed by atoms with Crippen LogP contribution in [0.5, 0.6) is 0 Å². The SMILES string of the molecule is CCCCCCCCCCNC(C)C.CCCCCCCCCCNCCCC. The number of hydrogen-bond donors (Lipinski definition) is 2. The molecule has 0 aliphatic rings. The molecule has 0 heterocycles. The second kappa shape index (κ2) is 30.1. The number of nitrogens with one attached hydrogen (secondary N) is 2. The van der Waals surface area contributed by atoms with Crippen LogP contribution >= 0.6 is 0 Å². The molecule has 0 unspecified atom stereocenters. The molecular weight excluding hydrogens is 352 g/mol. The molecule has 0 spiro atoms. The fourth-order valence-electron chi connectivity index (χ4n) is 3.46. The molecule has 29 heavy (non-hydrogen) atoms.